The fraction of sp³-hybridized carbons (Fsp3) is 0.474. The Morgan fingerprint density at radius 3 is 2.78 bits per heavy atom. The van der Waals surface area contributed by atoms with E-state index in [0.717, 1.165) is 30.6 Å². The minimum absolute atomic E-state index is 0.0264. The molecule has 1 aromatic carbocycles. The van der Waals surface area contributed by atoms with Crippen molar-refractivity contribution in [2.45, 2.75) is 39.2 Å². The van der Waals surface area contributed by atoms with Crippen LogP contribution in [0.5, 0.6) is 5.75 Å². The first kappa shape index (κ1) is 19.3. The number of ether oxygens (including phenoxy) is 1. The normalized spacial score (nSPS) is 15.7. The van der Waals surface area contributed by atoms with E-state index in [1.165, 1.54) is 11.3 Å². The van der Waals surface area contributed by atoms with E-state index in [9.17, 15) is 9.59 Å². The Kier molecular flexibility index (Phi) is 6.05. The molecule has 1 aliphatic carbocycles. The van der Waals surface area contributed by atoms with E-state index in [1.54, 1.807) is 7.11 Å². The number of anilines is 1. The van der Waals surface area contributed by atoms with Crippen molar-refractivity contribution < 1.29 is 14.3 Å². The second-order valence-corrected chi connectivity index (χ2v) is 7.76. The number of rotatable bonds is 8. The summed E-state index contributed by atoms with van der Waals surface area (Å²) < 4.78 is 5.23. The summed E-state index contributed by atoms with van der Waals surface area (Å²) in [6.45, 7) is 3.96. The van der Waals surface area contributed by atoms with Gasteiger partial charge in [0, 0.05) is 11.5 Å². The van der Waals surface area contributed by atoms with Gasteiger partial charge in [-0.25, -0.2) is 0 Å². The molecule has 0 unspecified atom stereocenters. The van der Waals surface area contributed by atoms with Crippen molar-refractivity contribution >= 4 is 28.3 Å². The van der Waals surface area contributed by atoms with Crippen LogP contribution in [0.15, 0.2) is 24.3 Å². The zero-order valence-electron chi connectivity index (χ0n) is 15.7. The van der Waals surface area contributed by atoms with E-state index in [-0.39, 0.29) is 23.7 Å². The van der Waals surface area contributed by atoms with Gasteiger partial charge >= 0.3 is 0 Å². The van der Waals surface area contributed by atoms with Gasteiger partial charge in [-0.15, -0.1) is 10.2 Å². The van der Waals surface area contributed by atoms with Crippen molar-refractivity contribution in [2.24, 2.45) is 11.8 Å². The van der Waals surface area contributed by atoms with Crippen molar-refractivity contribution in [1.29, 1.82) is 0 Å². The summed E-state index contributed by atoms with van der Waals surface area (Å²) in [4.78, 5) is 24.8. The highest BCUT2D eigenvalue weighted by molar-refractivity contribution is 7.18. The fourth-order valence-electron chi connectivity index (χ4n) is 2.65. The Hall–Kier alpha value is -2.48. The van der Waals surface area contributed by atoms with Crippen LogP contribution in [0.2, 0.25) is 0 Å². The van der Waals surface area contributed by atoms with Gasteiger partial charge in [-0.3, -0.25) is 14.9 Å². The topological polar surface area (TPSA) is 93.2 Å². The number of nitrogens with zero attached hydrogens (tertiary/aromatic N) is 2. The van der Waals surface area contributed by atoms with Crippen molar-refractivity contribution in [2.75, 3.05) is 12.4 Å². The van der Waals surface area contributed by atoms with Crippen LogP contribution >= 0.6 is 11.3 Å². The highest BCUT2D eigenvalue weighted by Crippen LogP contribution is 2.30. The molecule has 1 aliphatic rings. The SMILES string of the molecule is CC[C@H](C)[C@@H](NC(=O)C1CC1)C(=O)Nc1nnc(-c2cccc(OC)c2)s1. The molecule has 0 radical (unpaired) electrons. The third-order valence-electron chi connectivity index (χ3n) is 4.71. The molecular weight excluding hydrogens is 364 g/mol. The summed E-state index contributed by atoms with van der Waals surface area (Å²) in [5.74, 6) is 0.522. The van der Waals surface area contributed by atoms with E-state index in [4.69, 9.17) is 4.74 Å². The molecule has 7 nitrogen and oxygen atoms in total. The van der Waals surface area contributed by atoms with Gasteiger partial charge in [0.2, 0.25) is 16.9 Å². The number of hydrogen-bond donors (Lipinski definition) is 2. The monoisotopic (exact) mass is 388 g/mol. The van der Waals surface area contributed by atoms with E-state index in [2.05, 4.69) is 20.8 Å². The Bertz CT molecular complexity index is 819. The molecule has 0 spiro atoms. The first-order chi connectivity index (χ1) is 13.0. The van der Waals surface area contributed by atoms with Crippen LogP contribution in [-0.4, -0.2) is 35.2 Å². The molecule has 2 aromatic rings. The number of aromatic nitrogens is 2. The maximum Gasteiger partial charge on any atom is 0.249 e. The number of carbonyl (C=O) groups excluding carboxylic acids is 2. The van der Waals surface area contributed by atoms with Crippen LogP contribution in [0, 0.1) is 11.8 Å². The van der Waals surface area contributed by atoms with Crippen LogP contribution in [0.25, 0.3) is 10.6 Å². The number of methoxy groups -OCH3 is 1. The Morgan fingerprint density at radius 1 is 1.33 bits per heavy atom. The van der Waals surface area contributed by atoms with Gasteiger partial charge in [0.25, 0.3) is 0 Å². The third-order valence-corrected chi connectivity index (χ3v) is 5.60. The number of carbonyl (C=O) groups is 2. The summed E-state index contributed by atoms with van der Waals surface area (Å²) in [5.41, 5.74) is 0.868. The lowest BCUT2D eigenvalue weighted by Gasteiger charge is -2.22. The lowest BCUT2D eigenvalue weighted by Crippen LogP contribution is -2.48. The maximum atomic E-state index is 12.7. The smallest absolute Gasteiger partial charge is 0.249 e. The molecule has 0 bridgehead atoms. The average Bonchev–Trinajstić information content (AvgIpc) is 3.44. The lowest BCUT2D eigenvalue weighted by atomic mass is 9.98. The molecule has 3 rings (SSSR count). The van der Waals surface area contributed by atoms with E-state index >= 15 is 0 Å². The zero-order chi connectivity index (χ0) is 19.4. The van der Waals surface area contributed by atoms with Crippen LogP contribution in [-0.2, 0) is 9.59 Å². The predicted molar refractivity (Wildman–Crippen MR) is 105 cm³/mol. The first-order valence-corrected chi connectivity index (χ1v) is 9.92. The molecule has 2 atom stereocenters. The van der Waals surface area contributed by atoms with Gasteiger partial charge in [-0.2, -0.15) is 0 Å². The Balaban J connectivity index is 1.69. The second-order valence-electron chi connectivity index (χ2n) is 6.78. The number of hydrogen-bond acceptors (Lipinski definition) is 6. The third kappa shape index (κ3) is 4.82. The van der Waals surface area contributed by atoms with Crippen molar-refractivity contribution in [1.82, 2.24) is 15.5 Å². The van der Waals surface area contributed by atoms with Gasteiger partial charge in [-0.05, 0) is 30.9 Å². The van der Waals surface area contributed by atoms with Crippen molar-refractivity contribution in [3.8, 4) is 16.3 Å². The van der Waals surface area contributed by atoms with Gasteiger partial charge in [-0.1, -0.05) is 43.7 Å². The van der Waals surface area contributed by atoms with Crippen LogP contribution in [0.4, 0.5) is 5.13 Å². The summed E-state index contributed by atoms with van der Waals surface area (Å²) in [6, 6.07) is 6.93. The highest BCUT2D eigenvalue weighted by Gasteiger charge is 2.34. The molecule has 1 heterocycles. The Labute approximate surface area is 162 Å². The molecular formula is C19H24N4O3S. The minimum Gasteiger partial charge on any atom is -0.497 e. The van der Waals surface area contributed by atoms with E-state index < -0.39 is 6.04 Å². The predicted octanol–water partition coefficient (Wildman–Crippen LogP) is 3.09. The van der Waals surface area contributed by atoms with Crippen LogP contribution < -0.4 is 15.4 Å². The number of nitrogens with one attached hydrogen (secondary N) is 2. The van der Waals surface area contributed by atoms with Gasteiger partial charge in [0.05, 0.1) is 7.11 Å². The number of benzene rings is 1. The van der Waals surface area contributed by atoms with Gasteiger partial charge in [0.15, 0.2) is 0 Å². The van der Waals surface area contributed by atoms with E-state index in [1.807, 2.05) is 38.1 Å². The summed E-state index contributed by atoms with van der Waals surface area (Å²) >= 11 is 1.29. The quantitative estimate of drug-likeness (QED) is 0.725. The van der Waals surface area contributed by atoms with Crippen LogP contribution in [0.3, 0.4) is 0 Å². The molecule has 0 saturated heterocycles. The molecule has 2 N–H and O–H groups in total. The first-order valence-electron chi connectivity index (χ1n) is 9.11. The molecule has 144 valence electrons. The van der Waals surface area contributed by atoms with Crippen molar-refractivity contribution in [3.63, 3.8) is 0 Å². The zero-order valence-corrected chi connectivity index (χ0v) is 16.5. The molecule has 8 heteroatoms. The molecule has 1 fully saturated rings. The maximum absolute atomic E-state index is 12.7. The van der Waals surface area contributed by atoms with Crippen molar-refractivity contribution in [3.05, 3.63) is 24.3 Å². The summed E-state index contributed by atoms with van der Waals surface area (Å²) in [6.07, 6.45) is 2.59. The summed E-state index contributed by atoms with van der Waals surface area (Å²) in [7, 11) is 1.61. The largest absolute Gasteiger partial charge is 0.497 e. The van der Waals surface area contributed by atoms with Crippen LogP contribution in [0.1, 0.15) is 33.1 Å². The highest BCUT2D eigenvalue weighted by atomic mass is 32.1. The average molecular weight is 388 g/mol. The summed E-state index contributed by atoms with van der Waals surface area (Å²) in [5, 5.41) is 15.0. The van der Waals surface area contributed by atoms with Gasteiger partial charge < -0.3 is 10.1 Å². The molecule has 1 aromatic heterocycles. The molecule has 0 aliphatic heterocycles. The minimum atomic E-state index is -0.577. The van der Waals surface area contributed by atoms with Gasteiger partial charge in [0.1, 0.15) is 16.8 Å². The molecule has 27 heavy (non-hydrogen) atoms. The Morgan fingerprint density at radius 2 is 2.11 bits per heavy atom. The second kappa shape index (κ2) is 8.47. The molecule has 2 amide bonds. The number of amides is 2. The molecule has 1 saturated carbocycles. The lowest BCUT2D eigenvalue weighted by molar-refractivity contribution is -0.128. The van der Waals surface area contributed by atoms with E-state index in [0.29, 0.717) is 10.1 Å². The standard InChI is InChI=1S/C19H24N4O3S/c1-4-11(2)15(20-16(24)12-8-9-12)17(25)21-19-23-22-18(27-19)13-6-5-7-14(10-13)26-3/h5-7,10-12,15H,4,8-9H2,1-3H3,(H,20,24)(H,21,23,25)/t11-,15+/m0/s1. The fourth-order valence-corrected chi connectivity index (χ4v) is 3.39.